The van der Waals surface area contributed by atoms with Gasteiger partial charge in [-0.25, -0.2) is 0 Å². The molecule has 3 heteroatoms. The molecule has 0 N–H and O–H groups in total. The van der Waals surface area contributed by atoms with Crippen molar-refractivity contribution in [2.45, 2.75) is 27.2 Å². The lowest BCUT2D eigenvalue weighted by molar-refractivity contribution is 0.101. The van der Waals surface area contributed by atoms with E-state index in [0.29, 0.717) is 11.3 Å². The quantitative estimate of drug-likeness (QED) is 0.544. The summed E-state index contributed by atoms with van der Waals surface area (Å²) < 4.78 is 0. The van der Waals surface area contributed by atoms with E-state index in [9.17, 15) is 9.70 Å². The van der Waals surface area contributed by atoms with E-state index in [4.69, 9.17) is 0 Å². The molecule has 0 fully saturated rings. The zero-order valence-corrected chi connectivity index (χ0v) is 8.63. The maximum Gasteiger partial charge on any atom is 0.160 e. The van der Waals surface area contributed by atoms with E-state index in [1.165, 1.54) is 6.92 Å². The topological polar surface area (TPSA) is 46.5 Å². The maximum absolute atomic E-state index is 11.3. The number of Topliss-reactive ketones (excluding diaryl/α,β-unsaturated/α-hetero) is 1. The third-order valence-electron chi connectivity index (χ3n) is 2.30. The number of rotatable bonds is 3. The molecule has 0 saturated carbocycles. The standard InChI is InChI=1S/C11H13NO2/c1-4-10-7(2)5-9(12-14)6-11(10)8(3)13/h5-6H,4H2,1-3H3. The van der Waals surface area contributed by atoms with Gasteiger partial charge in [0.05, 0.1) is 0 Å². The van der Waals surface area contributed by atoms with E-state index in [1.807, 2.05) is 13.8 Å². The third kappa shape index (κ3) is 1.87. The SMILES string of the molecule is CCc1c(C)cc(N=O)cc1C(C)=O. The van der Waals surface area contributed by atoms with E-state index in [-0.39, 0.29) is 5.78 Å². The first-order chi connectivity index (χ1) is 6.60. The van der Waals surface area contributed by atoms with E-state index in [0.717, 1.165) is 17.5 Å². The van der Waals surface area contributed by atoms with Crippen LogP contribution in [0.3, 0.4) is 0 Å². The van der Waals surface area contributed by atoms with Crippen molar-refractivity contribution in [2.24, 2.45) is 5.18 Å². The highest BCUT2D eigenvalue weighted by atomic mass is 16.3. The van der Waals surface area contributed by atoms with Crippen molar-refractivity contribution in [2.75, 3.05) is 0 Å². The molecule has 1 aromatic rings. The number of hydrogen-bond acceptors (Lipinski definition) is 3. The molecule has 0 amide bonds. The zero-order chi connectivity index (χ0) is 10.7. The van der Waals surface area contributed by atoms with Gasteiger partial charge in [0, 0.05) is 5.56 Å². The lowest BCUT2D eigenvalue weighted by Crippen LogP contribution is -2.00. The molecule has 0 heterocycles. The molecular weight excluding hydrogens is 178 g/mol. The molecule has 0 aromatic heterocycles. The fourth-order valence-electron chi connectivity index (χ4n) is 1.63. The van der Waals surface area contributed by atoms with Gasteiger partial charge in [-0.05, 0) is 48.7 Å². The zero-order valence-electron chi connectivity index (χ0n) is 8.63. The Bertz CT molecular complexity index is 383. The lowest BCUT2D eigenvalue weighted by atomic mass is 9.96. The number of benzene rings is 1. The van der Waals surface area contributed by atoms with Crippen LogP contribution in [0.4, 0.5) is 5.69 Å². The molecule has 1 rings (SSSR count). The fourth-order valence-corrected chi connectivity index (χ4v) is 1.63. The second-order valence-electron chi connectivity index (χ2n) is 3.29. The average Bonchev–Trinajstić information content (AvgIpc) is 2.16. The molecular formula is C11H13NO2. The van der Waals surface area contributed by atoms with Crippen LogP contribution < -0.4 is 0 Å². The van der Waals surface area contributed by atoms with Crippen molar-refractivity contribution in [3.8, 4) is 0 Å². The van der Waals surface area contributed by atoms with Gasteiger partial charge in [0.25, 0.3) is 0 Å². The van der Waals surface area contributed by atoms with E-state index in [1.54, 1.807) is 12.1 Å². The smallest absolute Gasteiger partial charge is 0.160 e. The summed E-state index contributed by atoms with van der Waals surface area (Å²) in [7, 11) is 0. The Morgan fingerprint density at radius 2 is 2.07 bits per heavy atom. The van der Waals surface area contributed by atoms with Crippen molar-refractivity contribution in [3.63, 3.8) is 0 Å². The normalized spacial score (nSPS) is 9.93. The van der Waals surface area contributed by atoms with Gasteiger partial charge in [-0.15, -0.1) is 4.91 Å². The fraction of sp³-hybridized carbons (Fsp3) is 0.364. The molecule has 0 bridgehead atoms. The monoisotopic (exact) mass is 191 g/mol. The summed E-state index contributed by atoms with van der Waals surface area (Å²) in [5.41, 5.74) is 2.90. The Morgan fingerprint density at radius 3 is 2.50 bits per heavy atom. The predicted octanol–water partition coefficient (Wildman–Crippen LogP) is 3.16. The van der Waals surface area contributed by atoms with Gasteiger partial charge in [0.1, 0.15) is 5.69 Å². The molecule has 0 aliphatic heterocycles. The Hall–Kier alpha value is -1.51. The maximum atomic E-state index is 11.3. The van der Waals surface area contributed by atoms with Gasteiger partial charge in [0.2, 0.25) is 0 Å². The molecule has 0 saturated heterocycles. The van der Waals surface area contributed by atoms with E-state index in [2.05, 4.69) is 5.18 Å². The highest BCUT2D eigenvalue weighted by Gasteiger charge is 2.10. The van der Waals surface area contributed by atoms with Gasteiger partial charge < -0.3 is 0 Å². The van der Waals surface area contributed by atoms with Gasteiger partial charge in [-0.1, -0.05) is 6.92 Å². The summed E-state index contributed by atoms with van der Waals surface area (Å²) in [6.45, 7) is 5.38. The molecule has 14 heavy (non-hydrogen) atoms. The summed E-state index contributed by atoms with van der Waals surface area (Å²) in [6.07, 6.45) is 0.792. The summed E-state index contributed by atoms with van der Waals surface area (Å²) in [4.78, 5) is 21.7. The summed E-state index contributed by atoms with van der Waals surface area (Å²) >= 11 is 0. The van der Waals surface area contributed by atoms with Crippen LogP contribution in [0.15, 0.2) is 17.3 Å². The number of carbonyl (C=O) groups excluding carboxylic acids is 1. The van der Waals surface area contributed by atoms with Crippen LogP contribution in [-0.2, 0) is 6.42 Å². The van der Waals surface area contributed by atoms with Crippen LogP contribution in [0.2, 0.25) is 0 Å². The Labute approximate surface area is 83.1 Å². The van der Waals surface area contributed by atoms with Crippen LogP contribution in [0.5, 0.6) is 0 Å². The van der Waals surface area contributed by atoms with Crippen molar-refractivity contribution < 1.29 is 4.79 Å². The predicted molar refractivity (Wildman–Crippen MR) is 56.0 cm³/mol. The van der Waals surface area contributed by atoms with Crippen molar-refractivity contribution in [1.82, 2.24) is 0 Å². The number of nitroso groups, excluding NO2 is 1. The van der Waals surface area contributed by atoms with Crippen LogP contribution in [0.25, 0.3) is 0 Å². The Balaban J connectivity index is 3.42. The molecule has 1 aromatic carbocycles. The minimum absolute atomic E-state index is 0.0181. The van der Waals surface area contributed by atoms with Crippen molar-refractivity contribution in [1.29, 1.82) is 0 Å². The van der Waals surface area contributed by atoms with Gasteiger partial charge in [0.15, 0.2) is 5.78 Å². The first-order valence-electron chi connectivity index (χ1n) is 4.58. The van der Waals surface area contributed by atoms with E-state index < -0.39 is 0 Å². The number of aryl methyl sites for hydroxylation is 1. The third-order valence-corrected chi connectivity index (χ3v) is 2.30. The Kier molecular flexibility index (Phi) is 3.12. The minimum atomic E-state index is -0.0181. The van der Waals surface area contributed by atoms with Crippen LogP contribution in [0.1, 0.15) is 35.3 Å². The molecule has 0 atom stereocenters. The summed E-state index contributed by atoms with van der Waals surface area (Å²) in [6, 6.07) is 3.26. The second kappa shape index (κ2) is 4.13. The van der Waals surface area contributed by atoms with Gasteiger partial charge in [-0.3, -0.25) is 4.79 Å². The lowest BCUT2D eigenvalue weighted by Gasteiger charge is -2.08. The average molecular weight is 191 g/mol. The molecule has 0 aliphatic rings. The first kappa shape index (κ1) is 10.6. The van der Waals surface area contributed by atoms with Crippen molar-refractivity contribution >= 4 is 11.5 Å². The number of carbonyl (C=O) groups is 1. The largest absolute Gasteiger partial charge is 0.294 e. The van der Waals surface area contributed by atoms with Gasteiger partial charge in [-0.2, -0.15) is 0 Å². The van der Waals surface area contributed by atoms with Crippen LogP contribution >= 0.6 is 0 Å². The number of hydrogen-bond donors (Lipinski definition) is 0. The molecule has 0 aliphatic carbocycles. The van der Waals surface area contributed by atoms with Crippen molar-refractivity contribution in [3.05, 3.63) is 33.7 Å². The Morgan fingerprint density at radius 1 is 1.43 bits per heavy atom. The van der Waals surface area contributed by atoms with Crippen LogP contribution in [-0.4, -0.2) is 5.78 Å². The molecule has 3 nitrogen and oxygen atoms in total. The second-order valence-corrected chi connectivity index (χ2v) is 3.29. The minimum Gasteiger partial charge on any atom is -0.294 e. The van der Waals surface area contributed by atoms with Gasteiger partial charge >= 0.3 is 0 Å². The van der Waals surface area contributed by atoms with E-state index >= 15 is 0 Å². The highest BCUT2D eigenvalue weighted by molar-refractivity contribution is 5.96. The highest BCUT2D eigenvalue weighted by Crippen LogP contribution is 2.23. The molecule has 0 radical (unpaired) electrons. The molecule has 0 unspecified atom stereocenters. The first-order valence-corrected chi connectivity index (χ1v) is 4.58. The number of ketones is 1. The molecule has 74 valence electrons. The van der Waals surface area contributed by atoms with Crippen LogP contribution in [0, 0.1) is 11.8 Å². The summed E-state index contributed by atoms with van der Waals surface area (Å²) in [5, 5.41) is 2.85. The number of nitrogens with zero attached hydrogens (tertiary/aromatic N) is 1. The molecule has 0 spiro atoms. The summed E-state index contributed by atoms with van der Waals surface area (Å²) in [5.74, 6) is -0.0181.